The van der Waals surface area contributed by atoms with Crippen LogP contribution in [0.15, 0.2) is 35.2 Å². The molecule has 2 fully saturated rings. The molecule has 0 unspecified atom stereocenters. The van der Waals surface area contributed by atoms with Gasteiger partial charge < -0.3 is 0 Å². The van der Waals surface area contributed by atoms with E-state index in [0.717, 1.165) is 19.3 Å². The summed E-state index contributed by atoms with van der Waals surface area (Å²) in [5, 5.41) is 0. The number of rotatable bonds is 3. The fourth-order valence-corrected chi connectivity index (χ4v) is 5.22. The van der Waals surface area contributed by atoms with E-state index >= 15 is 0 Å². The lowest BCUT2D eigenvalue weighted by Gasteiger charge is -2.47. The van der Waals surface area contributed by atoms with E-state index in [1.807, 2.05) is 13.0 Å². The van der Waals surface area contributed by atoms with E-state index in [1.54, 1.807) is 24.3 Å². The van der Waals surface area contributed by atoms with Gasteiger partial charge in [-0.25, -0.2) is 18.2 Å². The number of fused-ring (bicyclic) bond motifs is 2. The van der Waals surface area contributed by atoms with Gasteiger partial charge in [0.15, 0.2) is 9.84 Å². The maximum Gasteiger partial charge on any atom is 0.181 e. The van der Waals surface area contributed by atoms with Gasteiger partial charge in [-0.2, -0.15) is 0 Å². The third-order valence-electron chi connectivity index (χ3n) is 4.93. The van der Waals surface area contributed by atoms with E-state index in [0.29, 0.717) is 10.8 Å². The monoisotopic (exact) mass is 310 g/mol. The van der Waals surface area contributed by atoms with Gasteiger partial charge in [-0.1, -0.05) is 25.1 Å². The average molecular weight is 310 g/mol. The van der Waals surface area contributed by atoms with Crippen molar-refractivity contribution >= 4 is 9.84 Å². The molecular weight excluding hydrogens is 288 g/mol. The Kier molecular flexibility index (Phi) is 3.84. The summed E-state index contributed by atoms with van der Waals surface area (Å²) in [4.78, 5) is 11.4. The van der Waals surface area contributed by atoms with Crippen molar-refractivity contribution in [1.82, 2.24) is 0 Å². The second-order valence-electron chi connectivity index (χ2n) is 6.59. The van der Waals surface area contributed by atoms with Gasteiger partial charge in [-0.05, 0) is 50.2 Å². The van der Waals surface area contributed by atoms with Gasteiger partial charge in [-0.15, -0.1) is 0 Å². The fourth-order valence-electron chi connectivity index (χ4n) is 3.44. The van der Waals surface area contributed by atoms with Crippen LogP contribution < -0.4 is 0 Å². The van der Waals surface area contributed by atoms with Crippen LogP contribution in [0.5, 0.6) is 0 Å². The van der Waals surface area contributed by atoms with Gasteiger partial charge in [0.1, 0.15) is 5.60 Å². The van der Waals surface area contributed by atoms with Crippen molar-refractivity contribution in [3.05, 3.63) is 30.3 Å². The highest BCUT2D eigenvalue weighted by atomic mass is 32.2. The Morgan fingerprint density at radius 1 is 1.24 bits per heavy atom. The van der Waals surface area contributed by atoms with Crippen LogP contribution in [-0.4, -0.2) is 25.9 Å². The van der Waals surface area contributed by atoms with Gasteiger partial charge in [0, 0.05) is 0 Å². The minimum atomic E-state index is -3.37. The molecule has 4 nitrogen and oxygen atoms in total. The molecule has 1 aromatic carbocycles. The SMILES string of the molecule is C[C@H]1CC[C@@H]2C[C@H]1OO[C@@]2(C)CS(=O)(=O)c1ccccc1. The zero-order chi connectivity index (χ0) is 15.1. The molecule has 0 N–H and O–H groups in total. The van der Waals surface area contributed by atoms with Gasteiger partial charge in [0.25, 0.3) is 0 Å². The van der Waals surface area contributed by atoms with Crippen molar-refractivity contribution in [2.75, 3.05) is 5.75 Å². The molecule has 3 rings (SSSR count). The molecule has 1 heterocycles. The third-order valence-corrected chi connectivity index (χ3v) is 6.87. The summed E-state index contributed by atoms with van der Waals surface area (Å²) < 4.78 is 25.2. The Hall–Kier alpha value is -0.910. The molecule has 1 saturated heterocycles. The predicted molar refractivity (Wildman–Crippen MR) is 79.4 cm³/mol. The van der Waals surface area contributed by atoms with Gasteiger partial charge >= 0.3 is 0 Å². The molecule has 1 aliphatic heterocycles. The zero-order valence-corrected chi connectivity index (χ0v) is 13.3. The first kappa shape index (κ1) is 15.0. The quantitative estimate of drug-likeness (QED) is 0.805. The lowest BCUT2D eigenvalue weighted by Crippen LogP contribution is -2.53. The Labute approximate surface area is 126 Å². The normalized spacial score (nSPS) is 36.4. The summed E-state index contributed by atoms with van der Waals surface area (Å²) in [6, 6.07) is 8.56. The van der Waals surface area contributed by atoms with Crippen LogP contribution in [0.1, 0.15) is 33.1 Å². The minimum Gasteiger partial charge on any atom is -0.232 e. The Bertz CT molecular complexity index is 598. The zero-order valence-electron chi connectivity index (χ0n) is 12.5. The summed E-state index contributed by atoms with van der Waals surface area (Å²) in [5.74, 6) is 0.693. The van der Waals surface area contributed by atoms with E-state index in [1.165, 1.54) is 0 Å². The summed E-state index contributed by atoms with van der Waals surface area (Å²) in [7, 11) is -3.37. The van der Waals surface area contributed by atoms with Crippen molar-refractivity contribution in [1.29, 1.82) is 0 Å². The van der Waals surface area contributed by atoms with Crippen molar-refractivity contribution in [3.8, 4) is 0 Å². The van der Waals surface area contributed by atoms with E-state index < -0.39 is 15.4 Å². The second-order valence-corrected chi connectivity index (χ2v) is 8.58. The van der Waals surface area contributed by atoms with Crippen molar-refractivity contribution in [2.45, 2.75) is 49.7 Å². The van der Waals surface area contributed by atoms with Crippen molar-refractivity contribution in [2.24, 2.45) is 11.8 Å². The predicted octanol–water partition coefficient (Wildman–Crippen LogP) is 2.99. The highest BCUT2D eigenvalue weighted by molar-refractivity contribution is 7.91. The topological polar surface area (TPSA) is 52.6 Å². The fraction of sp³-hybridized carbons (Fsp3) is 0.625. The Balaban J connectivity index is 1.81. The van der Waals surface area contributed by atoms with Crippen LogP contribution in [-0.2, 0) is 19.6 Å². The van der Waals surface area contributed by atoms with Crippen molar-refractivity contribution in [3.63, 3.8) is 0 Å². The molecule has 1 aromatic rings. The maximum absolute atomic E-state index is 12.6. The maximum atomic E-state index is 12.6. The van der Waals surface area contributed by atoms with Gasteiger partial charge in [-0.3, -0.25) is 0 Å². The summed E-state index contributed by atoms with van der Waals surface area (Å²) in [6.45, 7) is 4.03. The standard InChI is InChI=1S/C16H22O4S/c1-12-8-9-13-10-15(12)19-20-16(13,2)11-21(17,18)14-6-4-3-5-7-14/h3-7,12-13,15H,8-11H2,1-2H3/t12-,13+,15+,16-/m0/s1. The minimum absolute atomic E-state index is 0.0320. The Morgan fingerprint density at radius 3 is 2.67 bits per heavy atom. The number of sulfone groups is 1. The molecule has 0 spiro atoms. The third kappa shape index (κ3) is 2.87. The number of hydrogen-bond donors (Lipinski definition) is 0. The smallest absolute Gasteiger partial charge is 0.181 e. The van der Waals surface area contributed by atoms with Crippen LogP contribution in [0.3, 0.4) is 0 Å². The first-order valence-electron chi connectivity index (χ1n) is 7.53. The van der Waals surface area contributed by atoms with Crippen LogP contribution in [0.2, 0.25) is 0 Å². The van der Waals surface area contributed by atoms with Crippen LogP contribution in [0.4, 0.5) is 0 Å². The molecule has 116 valence electrons. The number of hydrogen-bond acceptors (Lipinski definition) is 4. The van der Waals surface area contributed by atoms with Crippen LogP contribution >= 0.6 is 0 Å². The molecule has 4 atom stereocenters. The first-order chi connectivity index (χ1) is 9.91. The first-order valence-corrected chi connectivity index (χ1v) is 9.18. The van der Waals surface area contributed by atoms with Crippen LogP contribution in [0, 0.1) is 11.8 Å². The highest BCUT2D eigenvalue weighted by Gasteiger charge is 2.49. The second kappa shape index (κ2) is 5.38. The molecule has 0 radical (unpaired) electrons. The summed E-state index contributed by atoms with van der Waals surface area (Å²) in [5.41, 5.74) is -0.759. The molecule has 0 aromatic heterocycles. The van der Waals surface area contributed by atoms with Crippen LogP contribution in [0.25, 0.3) is 0 Å². The molecular formula is C16H22O4S. The molecule has 21 heavy (non-hydrogen) atoms. The lowest BCUT2D eigenvalue weighted by atomic mass is 9.73. The van der Waals surface area contributed by atoms with Gasteiger partial charge in [0.2, 0.25) is 0 Å². The van der Waals surface area contributed by atoms with Crippen molar-refractivity contribution < 1.29 is 18.2 Å². The largest absolute Gasteiger partial charge is 0.232 e. The molecule has 1 saturated carbocycles. The molecule has 5 heteroatoms. The molecule has 0 amide bonds. The number of benzene rings is 1. The molecule has 2 aliphatic rings. The van der Waals surface area contributed by atoms with E-state index in [-0.39, 0.29) is 17.8 Å². The van der Waals surface area contributed by atoms with E-state index in [2.05, 4.69) is 6.92 Å². The molecule has 2 bridgehead atoms. The summed E-state index contributed by atoms with van der Waals surface area (Å²) in [6.07, 6.45) is 3.07. The highest BCUT2D eigenvalue weighted by Crippen LogP contribution is 2.44. The molecule has 1 aliphatic carbocycles. The van der Waals surface area contributed by atoms with E-state index in [4.69, 9.17) is 9.78 Å². The van der Waals surface area contributed by atoms with E-state index in [9.17, 15) is 8.42 Å². The Morgan fingerprint density at radius 2 is 1.95 bits per heavy atom. The lowest BCUT2D eigenvalue weighted by molar-refractivity contribution is -0.427. The summed E-state index contributed by atoms with van der Waals surface area (Å²) >= 11 is 0. The average Bonchev–Trinajstić information content (AvgIpc) is 2.46. The van der Waals surface area contributed by atoms with Gasteiger partial charge in [0.05, 0.1) is 16.8 Å².